The number of fused-ring (bicyclic) bond motifs is 1. The maximum Gasteiger partial charge on any atom is 0.131 e. The van der Waals surface area contributed by atoms with Crippen LogP contribution in [-0.4, -0.2) is 18.1 Å². The van der Waals surface area contributed by atoms with E-state index in [9.17, 15) is 0 Å². The summed E-state index contributed by atoms with van der Waals surface area (Å²) in [5.74, 6) is 2.06. The highest BCUT2D eigenvalue weighted by Gasteiger charge is 2.15. The van der Waals surface area contributed by atoms with Crippen LogP contribution in [0.15, 0.2) is 42.5 Å². The Morgan fingerprint density at radius 2 is 1.95 bits per heavy atom. The van der Waals surface area contributed by atoms with Crippen molar-refractivity contribution < 1.29 is 0 Å². The van der Waals surface area contributed by atoms with Gasteiger partial charge in [0.2, 0.25) is 0 Å². The summed E-state index contributed by atoms with van der Waals surface area (Å²) in [7, 11) is 0. The molecule has 0 spiro atoms. The number of hydrogen-bond acceptors (Lipinski definition) is 3. The number of nitrogens with zero attached hydrogens (tertiary/aromatic N) is 2. The van der Waals surface area contributed by atoms with Gasteiger partial charge in [0.25, 0.3) is 0 Å². The molecule has 0 aliphatic carbocycles. The van der Waals surface area contributed by atoms with Crippen molar-refractivity contribution in [3.8, 4) is 0 Å². The van der Waals surface area contributed by atoms with Crippen molar-refractivity contribution in [2.75, 3.05) is 23.3 Å². The number of nitrogens with one attached hydrogen (secondary N) is 1. The zero-order valence-corrected chi connectivity index (χ0v) is 12.7. The van der Waals surface area contributed by atoms with Gasteiger partial charge >= 0.3 is 0 Å². The average Bonchev–Trinajstić information content (AvgIpc) is 2.75. The molecule has 0 atom stereocenters. The maximum absolute atomic E-state index is 4.76. The fraction of sp³-hybridized carbons (Fsp3) is 0.389. The van der Waals surface area contributed by atoms with Gasteiger partial charge in [-0.05, 0) is 42.5 Å². The van der Waals surface area contributed by atoms with E-state index < -0.39 is 0 Å². The monoisotopic (exact) mass is 281 g/mol. The van der Waals surface area contributed by atoms with Gasteiger partial charge in [0, 0.05) is 19.6 Å². The average molecular weight is 281 g/mol. The zero-order chi connectivity index (χ0) is 14.5. The van der Waals surface area contributed by atoms with Crippen LogP contribution in [0, 0.1) is 0 Å². The molecule has 1 N–H and O–H groups in total. The first kappa shape index (κ1) is 13.9. The largest absolute Gasteiger partial charge is 0.370 e. The highest BCUT2D eigenvalue weighted by molar-refractivity contribution is 5.48. The molecule has 1 aromatic carbocycles. The second-order valence-corrected chi connectivity index (χ2v) is 5.60. The van der Waals surface area contributed by atoms with E-state index in [0.717, 1.165) is 37.7 Å². The van der Waals surface area contributed by atoms with Gasteiger partial charge in [0.15, 0.2) is 0 Å². The predicted molar refractivity (Wildman–Crippen MR) is 88.8 cm³/mol. The highest BCUT2D eigenvalue weighted by atomic mass is 15.2. The minimum absolute atomic E-state index is 0.959. The number of benzene rings is 1. The predicted octanol–water partition coefficient (Wildman–Crippen LogP) is 3.86. The molecule has 0 bridgehead atoms. The molecular formula is C18H23N3. The molecule has 0 saturated heterocycles. The summed E-state index contributed by atoms with van der Waals surface area (Å²) in [4.78, 5) is 7.16. The molecule has 2 aromatic rings. The summed E-state index contributed by atoms with van der Waals surface area (Å²) >= 11 is 0. The molecule has 0 unspecified atom stereocenters. The van der Waals surface area contributed by atoms with E-state index in [2.05, 4.69) is 53.5 Å². The first-order valence-corrected chi connectivity index (χ1v) is 7.89. The van der Waals surface area contributed by atoms with Crippen LogP contribution in [0.1, 0.15) is 30.9 Å². The van der Waals surface area contributed by atoms with Gasteiger partial charge in [-0.15, -0.1) is 0 Å². The Morgan fingerprint density at radius 3 is 2.81 bits per heavy atom. The number of aryl methyl sites for hydroxylation is 1. The Morgan fingerprint density at radius 1 is 1.10 bits per heavy atom. The van der Waals surface area contributed by atoms with Crippen LogP contribution in [0.25, 0.3) is 0 Å². The zero-order valence-electron chi connectivity index (χ0n) is 12.7. The molecule has 2 heterocycles. The Kier molecular flexibility index (Phi) is 4.39. The topological polar surface area (TPSA) is 28.2 Å². The number of pyridine rings is 1. The minimum Gasteiger partial charge on any atom is -0.370 e. The number of rotatable bonds is 4. The lowest BCUT2D eigenvalue weighted by Crippen LogP contribution is -2.23. The van der Waals surface area contributed by atoms with E-state index >= 15 is 0 Å². The van der Waals surface area contributed by atoms with Crippen LogP contribution in [0.4, 0.5) is 11.6 Å². The van der Waals surface area contributed by atoms with Crippen LogP contribution >= 0.6 is 0 Å². The first-order valence-electron chi connectivity index (χ1n) is 7.89. The lowest BCUT2D eigenvalue weighted by atomic mass is 10.0. The Bertz CT molecular complexity index is 595. The number of hydrogen-bond donors (Lipinski definition) is 1. The van der Waals surface area contributed by atoms with Crippen LogP contribution in [0.3, 0.4) is 0 Å². The van der Waals surface area contributed by atoms with Crippen LogP contribution in [0.5, 0.6) is 0 Å². The van der Waals surface area contributed by atoms with Gasteiger partial charge in [-0.25, -0.2) is 4.98 Å². The smallest absolute Gasteiger partial charge is 0.131 e. The first-order chi connectivity index (χ1) is 10.4. The molecule has 3 nitrogen and oxygen atoms in total. The van der Waals surface area contributed by atoms with E-state index in [0.29, 0.717) is 0 Å². The van der Waals surface area contributed by atoms with Gasteiger partial charge in [-0.3, -0.25) is 0 Å². The highest BCUT2D eigenvalue weighted by Crippen LogP contribution is 2.23. The molecule has 1 aromatic heterocycles. The second-order valence-electron chi connectivity index (χ2n) is 5.60. The SMILES string of the molecule is CCCNc1cccc(N2CCCc3ccccc3C2)n1. The van der Waals surface area contributed by atoms with Gasteiger partial charge in [-0.2, -0.15) is 0 Å². The molecule has 3 heteroatoms. The van der Waals surface area contributed by atoms with Crippen molar-refractivity contribution in [3.05, 3.63) is 53.6 Å². The van der Waals surface area contributed by atoms with E-state index in [1.807, 2.05) is 6.07 Å². The van der Waals surface area contributed by atoms with E-state index in [1.165, 1.54) is 24.0 Å². The third-order valence-electron chi connectivity index (χ3n) is 3.97. The van der Waals surface area contributed by atoms with E-state index in [1.54, 1.807) is 0 Å². The van der Waals surface area contributed by atoms with Crippen LogP contribution in [-0.2, 0) is 13.0 Å². The van der Waals surface area contributed by atoms with Crippen molar-refractivity contribution in [2.24, 2.45) is 0 Å². The summed E-state index contributed by atoms with van der Waals surface area (Å²) in [6, 6.07) is 15.0. The fourth-order valence-corrected chi connectivity index (χ4v) is 2.85. The minimum atomic E-state index is 0.959. The standard InChI is InChI=1S/C18H23N3/c1-2-12-19-17-10-5-11-18(20-17)21-13-6-9-15-7-3-4-8-16(15)14-21/h3-5,7-8,10-11H,2,6,9,12-14H2,1H3,(H,19,20). The molecular weight excluding hydrogens is 258 g/mol. The molecule has 21 heavy (non-hydrogen) atoms. The normalized spacial score (nSPS) is 14.4. The third-order valence-corrected chi connectivity index (χ3v) is 3.97. The third kappa shape index (κ3) is 3.35. The van der Waals surface area contributed by atoms with Crippen molar-refractivity contribution in [3.63, 3.8) is 0 Å². The van der Waals surface area contributed by atoms with Gasteiger partial charge in [0.05, 0.1) is 0 Å². The Hall–Kier alpha value is -2.03. The van der Waals surface area contributed by atoms with Gasteiger partial charge < -0.3 is 10.2 Å². The molecule has 0 radical (unpaired) electrons. The fourth-order valence-electron chi connectivity index (χ4n) is 2.85. The molecule has 1 aliphatic rings. The van der Waals surface area contributed by atoms with E-state index in [-0.39, 0.29) is 0 Å². The summed E-state index contributed by atoms with van der Waals surface area (Å²) in [6.07, 6.45) is 3.47. The summed E-state index contributed by atoms with van der Waals surface area (Å²) in [5.41, 5.74) is 2.92. The molecule has 110 valence electrons. The van der Waals surface area contributed by atoms with Crippen LogP contribution < -0.4 is 10.2 Å². The molecule has 0 saturated carbocycles. The van der Waals surface area contributed by atoms with Gasteiger partial charge in [-0.1, -0.05) is 37.3 Å². The molecule has 0 amide bonds. The van der Waals surface area contributed by atoms with Gasteiger partial charge in [0.1, 0.15) is 11.6 Å². The van der Waals surface area contributed by atoms with Crippen LogP contribution in [0.2, 0.25) is 0 Å². The number of anilines is 2. The summed E-state index contributed by atoms with van der Waals surface area (Å²) in [6.45, 7) is 5.17. The van der Waals surface area contributed by atoms with Crippen molar-refractivity contribution in [1.82, 2.24) is 4.98 Å². The second kappa shape index (κ2) is 6.61. The molecule has 1 aliphatic heterocycles. The lowest BCUT2D eigenvalue weighted by Gasteiger charge is -2.22. The summed E-state index contributed by atoms with van der Waals surface area (Å²) in [5, 5.41) is 3.37. The van der Waals surface area contributed by atoms with Crippen molar-refractivity contribution >= 4 is 11.6 Å². The lowest BCUT2D eigenvalue weighted by molar-refractivity contribution is 0.755. The van der Waals surface area contributed by atoms with E-state index in [4.69, 9.17) is 4.98 Å². The van der Waals surface area contributed by atoms with Crippen molar-refractivity contribution in [1.29, 1.82) is 0 Å². The Labute approximate surface area is 127 Å². The summed E-state index contributed by atoms with van der Waals surface area (Å²) < 4.78 is 0. The molecule has 3 rings (SSSR count). The van der Waals surface area contributed by atoms with Crippen molar-refractivity contribution in [2.45, 2.75) is 32.7 Å². The quantitative estimate of drug-likeness (QED) is 0.922. The molecule has 0 fully saturated rings. The Balaban J connectivity index is 1.80. The maximum atomic E-state index is 4.76. The number of aromatic nitrogens is 1.